The van der Waals surface area contributed by atoms with Crippen LogP contribution in [0.1, 0.15) is 34.5 Å². The maximum Gasteiger partial charge on any atom is 0.136 e. The second-order valence-electron chi connectivity index (χ2n) is 8.78. The standard InChI is InChI=1S/C30H22O2/c1-3-9-19(10-4-1)25-17-21-13-7-16-24-27(21)29(31-25)23-15-8-14-22-18-26(32-30(24)28(22)23)20-11-5-2-6-12-20/h1-16,25-26H,17-18H2. The highest BCUT2D eigenvalue weighted by atomic mass is 16.5. The number of fused-ring (bicyclic) bond motifs is 2. The maximum absolute atomic E-state index is 6.74. The summed E-state index contributed by atoms with van der Waals surface area (Å²) in [4.78, 5) is 0. The van der Waals surface area contributed by atoms with Gasteiger partial charge < -0.3 is 9.47 Å². The van der Waals surface area contributed by atoms with E-state index in [2.05, 4.69) is 97.1 Å². The van der Waals surface area contributed by atoms with Crippen LogP contribution >= 0.6 is 0 Å². The van der Waals surface area contributed by atoms with Crippen LogP contribution in [0.5, 0.6) is 11.5 Å². The zero-order chi connectivity index (χ0) is 21.1. The maximum atomic E-state index is 6.74. The molecule has 2 heterocycles. The van der Waals surface area contributed by atoms with Crippen molar-refractivity contribution in [2.45, 2.75) is 25.0 Å². The van der Waals surface area contributed by atoms with Crippen LogP contribution in [-0.4, -0.2) is 0 Å². The van der Waals surface area contributed by atoms with Crippen molar-refractivity contribution in [1.29, 1.82) is 0 Å². The van der Waals surface area contributed by atoms with Gasteiger partial charge in [-0.05, 0) is 22.3 Å². The highest BCUT2D eigenvalue weighted by molar-refractivity contribution is 6.13. The molecule has 0 bridgehead atoms. The van der Waals surface area contributed by atoms with Crippen LogP contribution in [0.2, 0.25) is 0 Å². The Balaban J connectivity index is 1.47. The lowest BCUT2D eigenvalue weighted by atomic mass is 9.87. The lowest BCUT2D eigenvalue weighted by molar-refractivity contribution is 0.199. The van der Waals surface area contributed by atoms with Gasteiger partial charge in [0.05, 0.1) is 0 Å². The van der Waals surface area contributed by atoms with Crippen LogP contribution in [-0.2, 0) is 12.8 Å². The molecule has 5 aromatic carbocycles. The van der Waals surface area contributed by atoms with Gasteiger partial charge in [-0.15, -0.1) is 0 Å². The van der Waals surface area contributed by atoms with E-state index in [1.54, 1.807) is 0 Å². The molecule has 7 rings (SSSR count). The summed E-state index contributed by atoms with van der Waals surface area (Å²) < 4.78 is 13.5. The molecule has 0 saturated carbocycles. The smallest absolute Gasteiger partial charge is 0.136 e. The molecular formula is C30H22O2. The van der Waals surface area contributed by atoms with Crippen molar-refractivity contribution in [3.05, 3.63) is 119 Å². The number of hydrogen-bond acceptors (Lipinski definition) is 2. The summed E-state index contributed by atoms with van der Waals surface area (Å²) in [7, 11) is 0. The Morgan fingerprint density at radius 3 is 1.34 bits per heavy atom. The summed E-state index contributed by atoms with van der Waals surface area (Å²) in [5, 5.41) is 4.72. The van der Waals surface area contributed by atoms with Crippen LogP contribution in [0.25, 0.3) is 21.5 Å². The molecule has 154 valence electrons. The van der Waals surface area contributed by atoms with Gasteiger partial charge >= 0.3 is 0 Å². The van der Waals surface area contributed by atoms with Crippen molar-refractivity contribution in [2.75, 3.05) is 0 Å². The normalized spacial score (nSPS) is 18.9. The molecule has 2 aliphatic heterocycles. The zero-order valence-corrected chi connectivity index (χ0v) is 17.6. The van der Waals surface area contributed by atoms with Crippen LogP contribution in [0.15, 0.2) is 97.1 Å². The fourth-order valence-corrected chi connectivity index (χ4v) is 5.44. The Morgan fingerprint density at radius 1 is 0.469 bits per heavy atom. The summed E-state index contributed by atoms with van der Waals surface area (Å²) in [6.07, 6.45) is 1.77. The monoisotopic (exact) mass is 414 g/mol. The minimum Gasteiger partial charge on any atom is -0.484 e. The molecule has 0 amide bonds. The van der Waals surface area contributed by atoms with Crippen molar-refractivity contribution in [1.82, 2.24) is 0 Å². The van der Waals surface area contributed by atoms with Crippen molar-refractivity contribution in [2.24, 2.45) is 0 Å². The zero-order valence-electron chi connectivity index (χ0n) is 17.6. The molecule has 0 spiro atoms. The average Bonchev–Trinajstić information content (AvgIpc) is 2.87. The molecule has 0 aliphatic carbocycles. The van der Waals surface area contributed by atoms with Gasteiger partial charge in [-0.2, -0.15) is 0 Å². The molecule has 2 atom stereocenters. The molecule has 0 fully saturated rings. The first-order valence-corrected chi connectivity index (χ1v) is 11.3. The molecule has 0 N–H and O–H groups in total. The highest BCUT2D eigenvalue weighted by Crippen LogP contribution is 2.52. The van der Waals surface area contributed by atoms with Gasteiger partial charge in [0.2, 0.25) is 0 Å². The fourth-order valence-electron chi connectivity index (χ4n) is 5.44. The van der Waals surface area contributed by atoms with E-state index in [4.69, 9.17) is 9.47 Å². The Morgan fingerprint density at radius 2 is 0.906 bits per heavy atom. The van der Waals surface area contributed by atoms with E-state index in [0.29, 0.717) is 0 Å². The number of hydrogen-bond donors (Lipinski definition) is 0. The highest BCUT2D eigenvalue weighted by Gasteiger charge is 2.31. The third kappa shape index (κ3) is 2.59. The van der Waals surface area contributed by atoms with Crippen LogP contribution in [0.3, 0.4) is 0 Å². The molecule has 2 heteroatoms. The second kappa shape index (κ2) is 6.86. The third-order valence-corrected chi connectivity index (χ3v) is 6.92. The predicted molar refractivity (Wildman–Crippen MR) is 128 cm³/mol. The van der Waals surface area contributed by atoms with Crippen molar-refractivity contribution < 1.29 is 9.47 Å². The SMILES string of the molecule is c1ccc(C2Cc3cccc4c5c6c(cccc6c(c34)O2)CC(c2ccccc2)O5)cc1. The van der Waals surface area contributed by atoms with Gasteiger partial charge in [0.15, 0.2) is 0 Å². The van der Waals surface area contributed by atoms with Gasteiger partial charge in [-0.25, -0.2) is 0 Å². The molecule has 2 unspecified atom stereocenters. The summed E-state index contributed by atoms with van der Waals surface area (Å²) in [5.74, 6) is 2.00. The van der Waals surface area contributed by atoms with Crippen molar-refractivity contribution >= 4 is 21.5 Å². The Kier molecular flexibility index (Phi) is 3.83. The van der Waals surface area contributed by atoms with Crippen LogP contribution in [0.4, 0.5) is 0 Å². The molecule has 2 aliphatic rings. The molecule has 0 radical (unpaired) electrons. The average molecular weight is 415 g/mol. The lowest BCUT2D eigenvalue weighted by Gasteiger charge is -2.33. The van der Waals surface area contributed by atoms with Gasteiger partial charge in [-0.1, -0.05) is 97.1 Å². The minimum absolute atomic E-state index is 0.0212. The summed E-state index contributed by atoms with van der Waals surface area (Å²) in [6.45, 7) is 0. The summed E-state index contributed by atoms with van der Waals surface area (Å²) >= 11 is 0. The van der Waals surface area contributed by atoms with Crippen LogP contribution in [0, 0.1) is 0 Å². The lowest BCUT2D eigenvalue weighted by Crippen LogP contribution is -2.19. The third-order valence-electron chi connectivity index (χ3n) is 6.92. The largest absolute Gasteiger partial charge is 0.484 e. The predicted octanol–water partition coefficient (Wildman–Crippen LogP) is 7.35. The topological polar surface area (TPSA) is 18.5 Å². The van der Waals surface area contributed by atoms with E-state index in [0.717, 1.165) is 35.1 Å². The van der Waals surface area contributed by atoms with Gasteiger partial charge in [0.25, 0.3) is 0 Å². The second-order valence-corrected chi connectivity index (χ2v) is 8.78. The van der Waals surface area contributed by atoms with Crippen molar-refractivity contribution in [3.8, 4) is 11.5 Å². The molecule has 32 heavy (non-hydrogen) atoms. The van der Waals surface area contributed by atoms with Crippen LogP contribution < -0.4 is 9.47 Å². The molecule has 0 aromatic heterocycles. The first kappa shape index (κ1) is 17.9. The minimum atomic E-state index is 0.0212. The molecule has 2 nitrogen and oxygen atoms in total. The Bertz CT molecular complexity index is 1360. The van der Waals surface area contributed by atoms with E-state index < -0.39 is 0 Å². The fraction of sp³-hybridized carbons (Fsp3) is 0.133. The Hall–Kier alpha value is -3.78. The molecule has 0 saturated heterocycles. The van der Waals surface area contributed by atoms with Gasteiger partial charge in [0, 0.05) is 34.4 Å². The van der Waals surface area contributed by atoms with Gasteiger partial charge in [0.1, 0.15) is 23.7 Å². The number of ether oxygens (including phenoxy) is 2. The first-order chi connectivity index (χ1) is 15.9. The quantitative estimate of drug-likeness (QED) is 0.281. The van der Waals surface area contributed by atoms with E-state index in [1.807, 2.05) is 0 Å². The summed E-state index contributed by atoms with van der Waals surface area (Å²) in [6, 6.07) is 34.3. The van der Waals surface area contributed by atoms with E-state index >= 15 is 0 Å². The van der Waals surface area contributed by atoms with Crippen molar-refractivity contribution in [3.63, 3.8) is 0 Å². The van der Waals surface area contributed by atoms with E-state index in [-0.39, 0.29) is 12.2 Å². The first-order valence-electron chi connectivity index (χ1n) is 11.3. The van der Waals surface area contributed by atoms with E-state index in [9.17, 15) is 0 Å². The number of rotatable bonds is 2. The molecule has 5 aromatic rings. The molecular weight excluding hydrogens is 392 g/mol. The Labute approximate surface area is 187 Å². The number of benzene rings is 5. The summed E-state index contributed by atoms with van der Waals surface area (Å²) in [5.41, 5.74) is 5.09. The van der Waals surface area contributed by atoms with E-state index in [1.165, 1.54) is 33.0 Å². The van der Waals surface area contributed by atoms with Gasteiger partial charge in [-0.3, -0.25) is 0 Å².